The maximum atomic E-state index is 8.49. The van der Waals surface area contributed by atoms with Gasteiger partial charge in [0.05, 0.1) is 0 Å². The average molecular weight is 232 g/mol. The lowest BCUT2D eigenvalue weighted by molar-refractivity contribution is 0.463. The Hall–Kier alpha value is -1.51. The van der Waals surface area contributed by atoms with Gasteiger partial charge >= 0.3 is 0 Å². The van der Waals surface area contributed by atoms with Gasteiger partial charge < -0.3 is 5.32 Å². The molecule has 0 aliphatic rings. The molecule has 0 heterocycles. The summed E-state index contributed by atoms with van der Waals surface area (Å²) in [6.07, 6.45) is 3.49. The summed E-state index contributed by atoms with van der Waals surface area (Å²) in [5.74, 6) is 0. The van der Waals surface area contributed by atoms with Crippen molar-refractivity contribution in [2.45, 2.75) is 45.7 Å². The minimum Gasteiger partial charge on any atom is -0.310 e. The molecule has 1 atom stereocenters. The normalized spacial score (nSPS) is 11.9. The lowest BCUT2D eigenvalue weighted by Gasteiger charge is -2.16. The van der Waals surface area contributed by atoms with Crippen molar-refractivity contribution in [1.29, 1.82) is 0 Å². The minimum absolute atomic E-state index is 0.541. The van der Waals surface area contributed by atoms with Gasteiger partial charge in [0.25, 0.3) is 0 Å². The fourth-order valence-corrected chi connectivity index (χ4v) is 1.86. The van der Waals surface area contributed by atoms with Gasteiger partial charge in [-0.05, 0) is 23.9 Å². The van der Waals surface area contributed by atoms with Gasteiger partial charge in [-0.2, -0.15) is 0 Å². The van der Waals surface area contributed by atoms with Crippen LogP contribution in [0.5, 0.6) is 0 Å². The summed E-state index contributed by atoms with van der Waals surface area (Å²) in [5.41, 5.74) is 10.3. The van der Waals surface area contributed by atoms with Gasteiger partial charge in [-0.15, -0.1) is 0 Å². The van der Waals surface area contributed by atoms with E-state index < -0.39 is 0 Å². The standard InChI is InChI=1S/C13H20N4/c1-3-7-12(4-2)15-10-11-8-5-6-9-13(11)16-17-14/h5-6,8-9,12,15H,3-4,7,10H2,1-2H3. The molecule has 0 amide bonds. The maximum Gasteiger partial charge on any atom is 0.0420 e. The van der Waals surface area contributed by atoms with E-state index in [1.807, 2.05) is 24.3 Å². The van der Waals surface area contributed by atoms with Crippen LogP contribution in [0.4, 0.5) is 5.69 Å². The summed E-state index contributed by atoms with van der Waals surface area (Å²) in [4.78, 5) is 2.85. The molecule has 4 nitrogen and oxygen atoms in total. The van der Waals surface area contributed by atoms with E-state index in [-0.39, 0.29) is 0 Å². The second-order valence-corrected chi connectivity index (χ2v) is 4.09. The van der Waals surface area contributed by atoms with E-state index in [0.717, 1.165) is 18.5 Å². The molecule has 1 rings (SSSR count). The van der Waals surface area contributed by atoms with Gasteiger partial charge in [-0.25, -0.2) is 0 Å². The second-order valence-electron chi connectivity index (χ2n) is 4.09. The van der Waals surface area contributed by atoms with Gasteiger partial charge in [-0.3, -0.25) is 0 Å². The number of hydrogen-bond donors (Lipinski definition) is 1. The quantitative estimate of drug-likeness (QED) is 0.425. The second kappa shape index (κ2) is 7.71. The SMILES string of the molecule is CCCC(CC)NCc1ccccc1N=[N+]=[N-]. The molecule has 1 aromatic carbocycles. The predicted octanol–water partition coefficient (Wildman–Crippen LogP) is 4.30. The van der Waals surface area contributed by atoms with Gasteiger partial charge in [0, 0.05) is 23.2 Å². The Labute approximate surface area is 103 Å². The van der Waals surface area contributed by atoms with Crippen LogP contribution >= 0.6 is 0 Å². The topological polar surface area (TPSA) is 60.8 Å². The van der Waals surface area contributed by atoms with Crippen molar-refractivity contribution >= 4 is 5.69 Å². The Kier molecular flexibility index (Phi) is 6.15. The monoisotopic (exact) mass is 232 g/mol. The van der Waals surface area contributed by atoms with E-state index in [2.05, 4.69) is 29.2 Å². The molecule has 0 saturated carbocycles. The maximum absolute atomic E-state index is 8.49. The van der Waals surface area contributed by atoms with Crippen LogP contribution < -0.4 is 5.32 Å². The van der Waals surface area contributed by atoms with E-state index in [1.54, 1.807) is 0 Å². The zero-order valence-electron chi connectivity index (χ0n) is 10.6. The van der Waals surface area contributed by atoms with Gasteiger partial charge in [0.2, 0.25) is 0 Å². The Balaban J connectivity index is 2.64. The van der Waals surface area contributed by atoms with Gasteiger partial charge in [0.1, 0.15) is 0 Å². The number of benzene rings is 1. The number of hydrogen-bond acceptors (Lipinski definition) is 2. The van der Waals surface area contributed by atoms with Crippen molar-refractivity contribution in [1.82, 2.24) is 5.32 Å². The van der Waals surface area contributed by atoms with Gasteiger partial charge in [0.15, 0.2) is 0 Å². The summed E-state index contributed by atoms with van der Waals surface area (Å²) in [6, 6.07) is 8.23. The molecule has 0 aromatic heterocycles. The van der Waals surface area contributed by atoms with Crippen LogP contribution in [0.3, 0.4) is 0 Å². The molecule has 0 fully saturated rings. The molecule has 1 N–H and O–H groups in total. The lowest BCUT2D eigenvalue weighted by Crippen LogP contribution is -2.27. The molecule has 0 aliphatic heterocycles. The van der Waals surface area contributed by atoms with Crippen molar-refractivity contribution in [3.05, 3.63) is 40.3 Å². The molecule has 0 bridgehead atoms. The number of nitrogens with zero attached hydrogens (tertiary/aromatic N) is 3. The first-order valence-corrected chi connectivity index (χ1v) is 6.18. The molecule has 92 valence electrons. The molecule has 1 aromatic rings. The smallest absolute Gasteiger partial charge is 0.0420 e. The molecular weight excluding hydrogens is 212 g/mol. The average Bonchev–Trinajstić information content (AvgIpc) is 2.36. The first-order chi connectivity index (χ1) is 8.31. The van der Waals surface area contributed by atoms with Crippen LogP contribution in [0.15, 0.2) is 29.4 Å². The molecule has 1 unspecified atom stereocenters. The number of rotatable bonds is 7. The summed E-state index contributed by atoms with van der Waals surface area (Å²) in [7, 11) is 0. The molecule has 0 spiro atoms. The van der Waals surface area contributed by atoms with Crippen LogP contribution in [0.25, 0.3) is 10.4 Å². The van der Waals surface area contributed by atoms with Crippen molar-refractivity contribution < 1.29 is 0 Å². The van der Waals surface area contributed by atoms with Crippen LogP contribution in [0, 0.1) is 0 Å². The van der Waals surface area contributed by atoms with E-state index in [1.165, 1.54) is 12.8 Å². The zero-order chi connectivity index (χ0) is 12.5. The van der Waals surface area contributed by atoms with Gasteiger partial charge in [-0.1, -0.05) is 49.6 Å². The highest BCUT2D eigenvalue weighted by atomic mass is 15.1. The van der Waals surface area contributed by atoms with Crippen LogP contribution in [0.2, 0.25) is 0 Å². The Morgan fingerprint density at radius 3 is 2.76 bits per heavy atom. The molecule has 0 aliphatic carbocycles. The van der Waals surface area contributed by atoms with E-state index >= 15 is 0 Å². The minimum atomic E-state index is 0.541. The Bertz CT molecular complexity index is 383. The highest BCUT2D eigenvalue weighted by Crippen LogP contribution is 2.19. The first kappa shape index (κ1) is 13.6. The third kappa shape index (κ3) is 4.47. The Morgan fingerprint density at radius 1 is 1.35 bits per heavy atom. The van der Waals surface area contributed by atoms with Crippen molar-refractivity contribution in [2.75, 3.05) is 0 Å². The summed E-state index contributed by atoms with van der Waals surface area (Å²) >= 11 is 0. The predicted molar refractivity (Wildman–Crippen MR) is 71.1 cm³/mol. The van der Waals surface area contributed by atoms with Crippen LogP contribution in [0.1, 0.15) is 38.7 Å². The molecule has 0 radical (unpaired) electrons. The zero-order valence-corrected chi connectivity index (χ0v) is 10.6. The Morgan fingerprint density at radius 2 is 2.12 bits per heavy atom. The van der Waals surface area contributed by atoms with Crippen molar-refractivity contribution in [3.8, 4) is 0 Å². The van der Waals surface area contributed by atoms with Crippen molar-refractivity contribution in [2.24, 2.45) is 5.11 Å². The number of nitrogens with one attached hydrogen (secondary N) is 1. The molecule has 0 saturated heterocycles. The molecule has 4 heteroatoms. The largest absolute Gasteiger partial charge is 0.310 e. The third-order valence-corrected chi connectivity index (χ3v) is 2.86. The van der Waals surface area contributed by atoms with E-state index in [9.17, 15) is 0 Å². The summed E-state index contributed by atoms with van der Waals surface area (Å²) in [5, 5.41) is 7.20. The summed E-state index contributed by atoms with van der Waals surface area (Å²) < 4.78 is 0. The number of azide groups is 1. The van der Waals surface area contributed by atoms with E-state index in [4.69, 9.17) is 5.53 Å². The third-order valence-electron chi connectivity index (χ3n) is 2.86. The van der Waals surface area contributed by atoms with E-state index in [0.29, 0.717) is 11.7 Å². The first-order valence-electron chi connectivity index (χ1n) is 6.18. The summed E-state index contributed by atoms with van der Waals surface area (Å²) in [6.45, 7) is 5.14. The highest BCUT2D eigenvalue weighted by Gasteiger charge is 2.05. The van der Waals surface area contributed by atoms with Crippen molar-refractivity contribution in [3.63, 3.8) is 0 Å². The molecule has 17 heavy (non-hydrogen) atoms. The fraction of sp³-hybridized carbons (Fsp3) is 0.538. The lowest BCUT2D eigenvalue weighted by atomic mass is 10.1. The fourth-order valence-electron chi connectivity index (χ4n) is 1.86. The van der Waals surface area contributed by atoms with Crippen LogP contribution in [-0.4, -0.2) is 6.04 Å². The molecular formula is C13H20N4. The van der Waals surface area contributed by atoms with Crippen LogP contribution in [-0.2, 0) is 6.54 Å². The highest BCUT2D eigenvalue weighted by molar-refractivity contribution is 5.45.